The first-order valence-corrected chi connectivity index (χ1v) is 5.68. The predicted octanol–water partition coefficient (Wildman–Crippen LogP) is 2.70. The number of hydrogen-bond donors (Lipinski definition) is 1. The summed E-state index contributed by atoms with van der Waals surface area (Å²) < 4.78 is 0. The fourth-order valence-electron chi connectivity index (χ4n) is 2.16. The average molecular weight is 203 g/mol. The molecule has 2 heteroatoms. The molecule has 1 atom stereocenters. The fraction of sp³-hybridized carbons (Fsp3) is 0.462. The summed E-state index contributed by atoms with van der Waals surface area (Å²) in [4.78, 5) is 10.7. The van der Waals surface area contributed by atoms with E-state index in [1.807, 2.05) is 18.2 Å². The van der Waals surface area contributed by atoms with E-state index in [9.17, 15) is 4.79 Å². The van der Waals surface area contributed by atoms with Crippen molar-refractivity contribution in [2.24, 2.45) is 0 Å². The minimum atomic E-state index is 0.437. The van der Waals surface area contributed by atoms with Crippen LogP contribution in [0.5, 0.6) is 0 Å². The second-order valence-corrected chi connectivity index (χ2v) is 4.14. The largest absolute Gasteiger partial charge is 0.310 e. The minimum absolute atomic E-state index is 0.437. The van der Waals surface area contributed by atoms with Crippen molar-refractivity contribution in [1.82, 2.24) is 5.32 Å². The van der Waals surface area contributed by atoms with Crippen molar-refractivity contribution in [3.63, 3.8) is 0 Å². The lowest BCUT2D eigenvalue weighted by molar-refractivity contribution is 0.112. The van der Waals surface area contributed by atoms with Crippen molar-refractivity contribution >= 4 is 6.29 Å². The van der Waals surface area contributed by atoms with Crippen LogP contribution in [0.2, 0.25) is 0 Å². The Kier molecular flexibility index (Phi) is 3.51. The Bertz CT molecular complexity index is 327. The summed E-state index contributed by atoms with van der Waals surface area (Å²) in [6, 6.07) is 8.36. The fourth-order valence-corrected chi connectivity index (χ4v) is 2.16. The van der Waals surface area contributed by atoms with E-state index >= 15 is 0 Å². The Hall–Kier alpha value is -1.15. The van der Waals surface area contributed by atoms with Crippen molar-refractivity contribution in [1.29, 1.82) is 0 Å². The van der Waals surface area contributed by atoms with Crippen molar-refractivity contribution in [3.05, 3.63) is 35.4 Å². The third kappa shape index (κ3) is 2.66. The van der Waals surface area contributed by atoms with Crippen LogP contribution >= 0.6 is 0 Å². The Morgan fingerprint density at radius 1 is 1.27 bits per heavy atom. The molecule has 0 bridgehead atoms. The quantitative estimate of drug-likeness (QED) is 0.749. The molecule has 15 heavy (non-hydrogen) atoms. The summed E-state index contributed by atoms with van der Waals surface area (Å²) in [5.41, 5.74) is 2.03. The first-order valence-electron chi connectivity index (χ1n) is 5.68. The van der Waals surface area contributed by atoms with Gasteiger partial charge < -0.3 is 5.32 Å². The van der Waals surface area contributed by atoms with E-state index in [2.05, 4.69) is 11.4 Å². The number of hydrogen-bond acceptors (Lipinski definition) is 2. The number of nitrogens with one attached hydrogen (secondary N) is 1. The standard InChI is InChI=1S/C13H17NO/c15-10-11-5-4-6-12(9-11)13-7-2-1-3-8-14-13/h4-6,9-10,13-14H,1-3,7-8H2. The van der Waals surface area contributed by atoms with Gasteiger partial charge >= 0.3 is 0 Å². The minimum Gasteiger partial charge on any atom is -0.310 e. The highest BCUT2D eigenvalue weighted by molar-refractivity contribution is 5.74. The Balaban J connectivity index is 2.15. The lowest BCUT2D eigenvalue weighted by Crippen LogP contribution is -2.20. The second kappa shape index (κ2) is 5.08. The number of aldehydes is 1. The lowest BCUT2D eigenvalue weighted by Gasteiger charge is -2.16. The zero-order chi connectivity index (χ0) is 10.5. The van der Waals surface area contributed by atoms with E-state index in [-0.39, 0.29) is 0 Å². The van der Waals surface area contributed by atoms with Crippen LogP contribution in [0.25, 0.3) is 0 Å². The van der Waals surface area contributed by atoms with Gasteiger partial charge in [0.05, 0.1) is 0 Å². The monoisotopic (exact) mass is 203 g/mol. The maximum Gasteiger partial charge on any atom is 0.150 e. The van der Waals surface area contributed by atoms with Gasteiger partial charge in [0.1, 0.15) is 6.29 Å². The van der Waals surface area contributed by atoms with Gasteiger partial charge in [-0.15, -0.1) is 0 Å². The molecule has 1 fully saturated rings. The molecular weight excluding hydrogens is 186 g/mol. The van der Waals surface area contributed by atoms with E-state index in [0.717, 1.165) is 18.4 Å². The first-order chi connectivity index (χ1) is 7.40. The normalized spacial score (nSPS) is 22.0. The molecule has 0 spiro atoms. The Morgan fingerprint density at radius 3 is 3.07 bits per heavy atom. The van der Waals surface area contributed by atoms with Gasteiger partial charge in [0.25, 0.3) is 0 Å². The van der Waals surface area contributed by atoms with Crippen LogP contribution in [0.1, 0.15) is 47.6 Å². The van der Waals surface area contributed by atoms with Crippen LogP contribution in [0.4, 0.5) is 0 Å². The molecule has 0 aliphatic carbocycles. The van der Waals surface area contributed by atoms with Crippen molar-refractivity contribution in [2.75, 3.05) is 6.54 Å². The highest BCUT2D eigenvalue weighted by atomic mass is 16.1. The molecule has 1 aliphatic heterocycles. The SMILES string of the molecule is O=Cc1cccc(C2CCCCCN2)c1. The second-order valence-electron chi connectivity index (χ2n) is 4.14. The van der Waals surface area contributed by atoms with Gasteiger partial charge in [-0.1, -0.05) is 31.0 Å². The van der Waals surface area contributed by atoms with Crippen LogP contribution in [0.15, 0.2) is 24.3 Å². The van der Waals surface area contributed by atoms with Crippen molar-refractivity contribution < 1.29 is 4.79 Å². The first kappa shape index (κ1) is 10.4. The number of carbonyl (C=O) groups excluding carboxylic acids is 1. The average Bonchev–Trinajstić information content (AvgIpc) is 2.58. The topological polar surface area (TPSA) is 29.1 Å². The third-order valence-electron chi connectivity index (χ3n) is 3.01. The van der Waals surface area contributed by atoms with Gasteiger partial charge in [-0.05, 0) is 31.0 Å². The van der Waals surface area contributed by atoms with Crippen LogP contribution in [0, 0.1) is 0 Å². The summed E-state index contributed by atoms with van der Waals surface area (Å²) in [5, 5.41) is 3.53. The van der Waals surface area contributed by atoms with Crippen LogP contribution in [0.3, 0.4) is 0 Å². The van der Waals surface area contributed by atoms with Gasteiger partial charge in [0, 0.05) is 11.6 Å². The molecule has 1 aromatic carbocycles. The highest BCUT2D eigenvalue weighted by Gasteiger charge is 2.13. The molecule has 1 aromatic rings. The molecule has 1 heterocycles. The van der Waals surface area contributed by atoms with Crippen LogP contribution in [-0.2, 0) is 0 Å². The number of rotatable bonds is 2. The molecule has 1 saturated heterocycles. The molecule has 2 rings (SSSR count). The van der Waals surface area contributed by atoms with E-state index in [1.165, 1.54) is 31.2 Å². The van der Waals surface area contributed by atoms with Crippen LogP contribution in [-0.4, -0.2) is 12.8 Å². The maximum atomic E-state index is 10.7. The van der Waals surface area contributed by atoms with E-state index < -0.39 is 0 Å². The molecule has 0 amide bonds. The van der Waals surface area contributed by atoms with Gasteiger partial charge in [-0.3, -0.25) is 4.79 Å². The predicted molar refractivity (Wildman–Crippen MR) is 61.0 cm³/mol. The zero-order valence-electron chi connectivity index (χ0n) is 8.91. The molecular formula is C13H17NO. The van der Waals surface area contributed by atoms with E-state index in [1.54, 1.807) is 0 Å². The Labute approximate surface area is 90.7 Å². The Morgan fingerprint density at radius 2 is 2.20 bits per heavy atom. The molecule has 80 valence electrons. The molecule has 2 nitrogen and oxygen atoms in total. The molecule has 0 aromatic heterocycles. The number of benzene rings is 1. The van der Waals surface area contributed by atoms with Gasteiger partial charge in [0.15, 0.2) is 0 Å². The summed E-state index contributed by atoms with van der Waals surface area (Å²) in [6.45, 7) is 1.09. The summed E-state index contributed by atoms with van der Waals surface area (Å²) in [5.74, 6) is 0. The zero-order valence-corrected chi connectivity index (χ0v) is 8.91. The molecule has 1 unspecified atom stereocenters. The number of carbonyl (C=O) groups is 1. The molecule has 1 N–H and O–H groups in total. The van der Waals surface area contributed by atoms with Gasteiger partial charge in [-0.2, -0.15) is 0 Å². The van der Waals surface area contributed by atoms with Crippen molar-refractivity contribution in [2.45, 2.75) is 31.7 Å². The maximum absolute atomic E-state index is 10.7. The van der Waals surface area contributed by atoms with Crippen molar-refractivity contribution in [3.8, 4) is 0 Å². The van der Waals surface area contributed by atoms with Gasteiger partial charge in [-0.25, -0.2) is 0 Å². The lowest BCUT2D eigenvalue weighted by atomic mass is 10.0. The summed E-state index contributed by atoms with van der Waals surface area (Å²) in [7, 11) is 0. The summed E-state index contributed by atoms with van der Waals surface area (Å²) in [6.07, 6.45) is 5.96. The highest BCUT2D eigenvalue weighted by Crippen LogP contribution is 2.22. The smallest absolute Gasteiger partial charge is 0.150 e. The third-order valence-corrected chi connectivity index (χ3v) is 3.01. The van der Waals surface area contributed by atoms with Crippen LogP contribution < -0.4 is 5.32 Å². The summed E-state index contributed by atoms with van der Waals surface area (Å²) >= 11 is 0. The van der Waals surface area contributed by atoms with Gasteiger partial charge in [0.2, 0.25) is 0 Å². The van der Waals surface area contributed by atoms with E-state index in [0.29, 0.717) is 6.04 Å². The molecule has 1 aliphatic rings. The van der Waals surface area contributed by atoms with E-state index in [4.69, 9.17) is 0 Å². The molecule has 0 saturated carbocycles. The molecule has 0 radical (unpaired) electrons.